The van der Waals surface area contributed by atoms with Gasteiger partial charge in [-0.1, -0.05) is 37.3 Å². The van der Waals surface area contributed by atoms with Crippen LogP contribution in [0.2, 0.25) is 0 Å². The molecular weight excluding hydrogens is 186 g/mol. The van der Waals surface area contributed by atoms with Crippen LogP contribution in [0.1, 0.15) is 12.7 Å². The first-order valence-electron chi connectivity index (χ1n) is 5.20. The van der Waals surface area contributed by atoms with Crippen molar-refractivity contribution in [2.75, 3.05) is 6.54 Å². The fraction of sp³-hybridized carbons (Fsp3) is 0.250. The Morgan fingerprint density at radius 2 is 2.07 bits per heavy atom. The number of aromatic nitrogens is 2. The van der Waals surface area contributed by atoms with Crippen LogP contribution in [0.15, 0.2) is 36.5 Å². The van der Waals surface area contributed by atoms with Gasteiger partial charge in [0.15, 0.2) is 0 Å². The molecular formula is C12H15N3. The van der Waals surface area contributed by atoms with Crippen LogP contribution in [0.4, 0.5) is 0 Å². The van der Waals surface area contributed by atoms with E-state index in [1.807, 2.05) is 24.4 Å². The summed E-state index contributed by atoms with van der Waals surface area (Å²) in [6, 6.07) is 10.2. The van der Waals surface area contributed by atoms with Gasteiger partial charge in [-0.2, -0.15) is 0 Å². The molecule has 0 spiro atoms. The monoisotopic (exact) mass is 201 g/mol. The third-order valence-corrected chi connectivity index (χ3v) is 2.26. The average Bonchev–Trinajstić information content (AvgIpc) is 2.76. The van der Waals surface area contributed by atoms with E-state index in [-0.39, 0.29) is 0 Å². The summed E-state index contributed by atoms with van der Waals surface area (Å²) in [5, 5.41) is 3.24. The van der Waals surface area contributed by atoms with E-state index < -0.39 is 0 Å². The highest BCUT2D eigenvalue weighted by Crippen LogP contribution is 2.15. The van der Waals surface area contributed by atoms with Crippen LogP contribution in [-0.2, 0) is 6.54 Å². The Morgan fingerprint density at radius 3 is 2.80 bits per heavy atom. The Labute approximate surface area is 89.6 Å². The fourth-order valence-electron chi connectivity index (χ4n) is 1.46. The van der Waals surface area contributed by atoms with Crippen molar-refractivity contribution in [1.82, 2.24) is 15.3 Å². The van der Waals surface area contributed by atoms with Gasteiger partial charge in [0.25, 0.3) is 0 Å². The molecule has 15 heavy (non-hydrogen) atoms. The number of nitrogens with zero attached hydrogens (tertiary/aromatic N) is 1. The first kappa shape index (κ1) is 9.93. The van der Waals surface area contributed by atoms with Crippen molar-refractivity contribution in [1.29, 1.82) is 0 Å². The first-order valence-corrected chi connectivity index (χ1v) is 5.20. The lowest BCUT2D eigenvalue weighted by molar-refractivity contribution is 0.698. The minimum atomic E-state index is 0.795. The van der Waals surface area contributed by atoms with Crippen molar-refractivity contribution >= 4 is 0 Å². The van der Waals surface area contributed by atoms with Crippen molar-refractivity contribution in [3.05, 3.63) is 42.4 Å². The molecule has 1 aromatic carbocycles. The van der Waals surface area contributed by atoms with Gasteiger partial charge in [-0.25, -0.2) is 4.98 Å². The summed E-state index contributed by atoms with van der Waals surface area (Å²) in [6.45, 7) is 3.84. The van der Waals surface area contributed by atoms with Crippen molar-refractivity contribution in [2.45, 2.75) is 13.5 Å². The molecule has 0 atom stereocenters. The van der Waals surface area contributed by atoms with Gasteiger partial charge >= 0.3 is 0 Å². The summed E-state index contributed by atoms with van der Waals surface area (Å²) in [4.78, 5) is 7.60. The van der Waals surface area contributed by atoms with Crippen LogP contribution in [-0.4, -0.2) is 16.5 Å². The summed E-state index contributed by atoms with van der Waals surface area (Å²) in [6.07, 6.45) is 1.88. The van der Waals surface area contributed by atoms with Gasteiger partial charge in [0, 0.05) is 0 Å². The lowest BCUT2D eigenvalue weighted by atomic mass is 10.2. The molecule has 3 heteroatoms. The lowest BCUT2D eigenvalue weighted by Crippen LogP contribution is -2.12. The first-order chi connectivity index (χ1) is 7.40. The van der Waals surface area contributed by atoms with Crippen molar-refractivity contribution < 1.29 is 0 Å². The number of benzene rings is 1. The molecule has 0 bridgehead atoms. The minimum absolute atomic E-state index is 0.795. The molecule has 0 aliphatic rings. The molecule has 0 unspecified atom stereocenters. The molecule has 2 aromatic rings. The van der Waals surface area contributed by atoms with E-state index in [2.05, 4.69) is 34.3 Å². The molecule has 0 saturated heterocycles. The van der Waals surface area contributed by atoms with Crippen LogP contribution in [0.5, 0.6) is 0 Å². The third-order valence-electron chi connectivity index (χ3n) is 2.26. The highest BCUT2D eigenvalue weighted by Gasteiger charge is 2.01. The van der Waals surface area contributed by atoms with Crippen LogP contribution in [0, 0.1) is 0 Å². The molecule has 2 N–H and O–H groups in total. The average molecular weight is 201 g/mol. The molecule has 3 nitrogen and oxygen atoms in total. The number of hydrogen-bond acceptors (Lipinski definition) is 2. The summed E-state index contributed by atoms with van der Waals surface area (Å²) < 4.78 is 0. The topological polar surface area (TPSA) is 40.7 Å². The van der Waals surface area contributed by atoms with Crippen molar-refractivity contribution in [2.24, 2.45) is 0 Å². The van der Waals surface area contributed by atoms with E-state index in [0.717, 1.165) is 24.6 Å². The van der Waals surface area contributed by atoms with Crippen LogP contribution in [0.3, 0.4) is 0 Å². The molecule has 78 valence electrons. The highest BCUT2D eigenvalue weighted by atomic mass is 15.0. The van der Waals surface area contributed by atoms with E-state index >= 15 is 0 Å². The van der Waals surface area contributed by atoms with E-state index in [4.69, 9.17) is 0 Å². The Bertz CT molecular complexity index is 406. The van der Waals surface area contributed by atoms with Gasteiger partial charge in [-0.15, -0.1) is 0 Å². The zero-order chi connectivity index (χ0) is 10.5. The van der Waals surface area contributed by atoms with Crippen molar-refractivity contribution in [3.63, 3.8) is 0 Å². The quantitative estimate of drug-likeness (QED) is 0.796. The second-order valence-corrected chi connectivity index (χ2v) is 3.39. The van der Waals surface area contributed by atoms with Gasteiger partial charge in [-0.3, -0.25) is 0 Å². The molecule has 0 aliphatic heterocycles. The predicted octanol–water partition coefficient (Wildman–Crippen LogP) is 2.19. The Balaban J connectivity index is 2.14. The van der Waals surface area contributed by atoms with Crippen molar-refractivity contribution in [3.8, 4) is 11.3 Å². The molecule has 0 aliphatic carbocycles. The van der Waals surface area contributed by atoms with E-state index in [0.29, 0.717) is 0 Å². The third kappa shape index (κ3) is 2.44. The Morgan fingerprint density at radius 1 is 1.27 bits per heavy atom. The maximum atomic E-state index is 4.31. The number of hydrogen-bond donors (Lipinski definition) is 2. The maximum absolute atomic E-state index is 4.31. The van der Waals surface area contributed by atoms with Gasteiger partial charge in [0.2, 0.25) is 0 Å². The normalized spacial score (nSPS) is 10.5. The van der Waals surface area contributed by atoms with E-state index in [9.17, 15) is 0 Å². The second-order valence-electron chi connectivity index (χ2n) is 3.39. The van der Waals surface area contributed by atoms with Gasteiger partial charge in [0.1, 0.15) is 5.82 Å². The minimum Gasteiger partial charge on any atom is -0.341 e. The highest BCUT2D eigenvalue weighted by molar-refractivity contribution is 5.57. The Kier molecular flexibility index (Phi) is 3.15. The second kappa shape index (κ2) is 4.75. The number of H-pyrrole nitrogens is 1. The molecule has 1 aromatic heterocycles. The number of rotatable bonds is 4. The molecule has 0 radical (unpaired) electrons. The van der Waals surface area contributed by atoms with Crippen LogP contribution in [0.25, 0.3) is 11.3 Å². The molecule has 0 fully saturated rings. The van der Waals surface area contributed by atoms with Gasteiger partial charge in [0.05, 0.1) is 18.4 Å². The molecule has 2 rings (SSSR count). The number of nitrogens with one attached hydrogen (secondary N) is 2. The number of imidazole rings is 1. The summed E-state index contributed by atoms with van der Waals surface area (Å²) >= 11 is 0. The smallest absolute Gasteiger partial charge is 0.120 e. The number of aromatic amines is 1. The van der Waals surface area contributed by atoms with E-state index in [1.165, 1.54) is 5.56 Å². The molecule has 1 heterocycles. The molecule has 0 saturated carbocycles. The zero-order valence-corrected chi connectivity index (χ0v) is 8.83. The maximum Gasteiger partial charge on any atom is 0.120 e. The van der Waals surface area contributed by atoms with Gasteiger partial charge < -0.3 is 10.3 Å². The standard InChI is InChI=1S/C12H15N3/c1-2-13-9-12-14-8-11(15-12)10-6-4-3-5-7-10/h3-8,13H,2,9H2,1H3,(H,14,15). The largest absolute Gasteiger partial charge is 0.341 e. The van der Waals surface area contributed by atoms with Crippen LogP contribution < -0.4 is 5.32 Å². The summed E-state index contributed by atoms with van der Waals surface area (Å²) in [5.74, 6) is 0.982. The fourth-order valence-corrected chi connectivity index (χ4v) is 1.46. The summed E-state index contributed by atoms with van der Waals surface area (Å²) in [5.41, 5.74) is 2.25. The lowest BCUT2D eigenvalue weighted by Gasteiger charge is -1.97. The van der Waals surface area contributed by atoms with E-state index in [1.54, 1.807) is 0 Å². The predicted molar refractivity (Wildman–Crippen MR) is 61.4 cm³/mol. The summed E-state index contributed by atoms with van der Waals surface area (Å²) in [7, 11) is 0. The van der Waals surface area contributed by atoms with Gasteiger partial charge in [-0.05, 0) is 12.1 Å². The Hall–Kier alpha value is -1.61. The molecule has 0 amide bonds. The zero-order valence-electron chi connectivity index (χ0n) is 8.83. The van der Waals surface area contributed by atoms with Crippen LogP contribution >= 0.6 is 0 Å². The SMILES string of the molecule is CCNCc1ncc(-c2ccccc2)[nH]1.